The molecule has 1 heterocycles. The van der Waals surface area contributed by atoms with Gasteiger partial charge >= 0.3 is 0 Å². The van der Waals surface area contributed by atoms with Gasteiger partial charge in [0.25, 0.3) is 5.56 Å². The lowest BCUT2D eigenvalue weighted by atomic mass is 10.1. The summed E-state index contributed by atoms with van der Waals surface area (Å²) in [7, 11) is 0. The number of halogens is 1. The molecule has 0 N–H and O–H groups in total. The maximum Gasteiger partial charge on any atom is 0.267 e. The molecule has 0 atom stereocenters. The molecule has 0 aromatic carbocycles. The van der Waals surface area contributed by atoms with Gasteiger partial charge in [0, 0.05) is 6.54 Å². The lowest BCUT2D eigenvalue weighted by Gasteiger charge is -2.09. The van der Waals surface area contributed by atoms with Crippen LogP contribution in [0.1, 0.15) is 32.9 Å². The van der Waals surface area contributed by atoms with E-state index in [4.69, 9.17) is 0 Å². The van der Waals surface area contributed by atoms with Crippen molar-refractivity contribution in [2.75, 3.05) is 0 Å². The van der Waals surface area contributed by atoms with E-state index in [1.54, 1.807) is 10.9 Å². The van der Waals surface area contributed by atoms with E-state index in [9.17, 15) is 4.79 Å². The van der Waals surface area contributed by atoms with Gasteiger partial charge in [-0.3, -0.25) is 9.36 Å². The van der Waals surface area contributed by atoms with E-state index in [1.807, 2.05) is 6.92 Å². The Labute approximate surface area is 98.7 Å². The summed E-state index contributed by atoms with van der Waals surface area (Å²) in [6.45, 7) is 7.01. The Morgan fingerprint density at radius 1 is 1.53 bits per heavy atom. The average Bonchev–Trinajstić information content (AvgIpc) is 2.17. The zero-order chi connectivity index (χ0) is 11.4. The van der Waals surface area contributed by atoms with Crippen molar-refractivity contribution >= 4 is 15.9 Å². The van der Waals surface area contributed by atoms with Crippen LogP contribution in [0.2, 0.25) is 0 Å². The van der Waals surface area contributed by atoms with Crippen LogP contribution in [0.15, 0.2) is 15.6 Å². The second-order valence-corrected chi connectivity index (χ2v) is 4.89. The summed E-state index contributed by atoms with van der Waals surface area (Å²) in [6, 6.07) is 0. The number of aromatic nitrogens is 2. The number of hydrogen-bond acceptors (Lipinski definition) is 2. The van der Waals surface area contributed by atoms with Crippen LogP contribution in [0.5, 0.6) is 0 Å². The Morgan fingerprint density at radius 2 is 2.20 bits per heavy atom. The van der Waals surface area contributed by atoms with Gasteiger partial charge in [0.2, 0.25) is 0 Å². The van der Waals surface area contributed by atoms with Gasteiger partial charge in [0.05, 0.1) is 12.0 Å². The summed E-state index contributed by atoms with van der Waals surface area (Å²) >= 11 is 3.33. The largest absolute Gasteiger partial charge is 0.298 e. The number of nitrogens with zero attached hydrogens (tertiary/aromatic N) is 2. The Hall–Kier alpha value is -0.640. The Bertz CT molecular complexity index is 385. The van der Waals surface area contributed by atoms with E-state index in [2.05, 4.69) is 34.8 Å². The molecule has 0 bridgehead atoms. The summed E-state index contributed by atoms with van der Waals surface area (Å²) in [4.78, 5) is 16.2. The first-order chi connectivity index (χ1) is 7.06. The van der Waals surface area contributed by atoms with Crippen LogP contribution in [0.4, 0.5) is 0 Å². The minimum absolute atomic E-state index is 0.0301. The summed E-state index contributed by atoms with van der Waals surface area (Å²) in [5, 5.41) is 0. The van der Waals surface area contributed by atoms with Crippen molar-refractivity contribution in [1.29, 1.82) is 0 Å². The first-order valence-corrected chi connectivity index (χ1v) is 6.09. The van der Waals surface area contributed by atoms with E-state index in [0.29, 0.717) is 10.4 Å². The predicted molar refractivity (Wildman–Crippen MR) is 65.0 cm³/mol. The molecule has 0 aliphatic carbocycles. The molecule has 0 saturated carbocycles. The van der Waals surface area contributed by atoms with Crippen molar-refractivity contribution < 1.29 is 0 Å². The Kier molecular flexibility index (Phi) is 4.51. The lowest BCUT2D eigenvalue weighted by molar-refractivity contribution is 0.601. The van der Waals surface area contributed by atoms with E-state index < -0.39 is 0 Å². The molecule has 15 heavy (non-hydrogen) atoms. The van der Waals surface area contributed by atoms with Crippen molar-refractivity contribution in [2.24, 2.45) is 5.92 Å². The third-order valence-electron chi connectivity index (χ3n) is 2.12. The van der Waals surface area contributed by atoms with Gasteiger partial charge in [0.1, 0.15) is 4.47 Å². The third kappa shape index (κ3) is 3.16. The van der Waals surface area contributed by atoms with Crippen molar-refractivity contribution in [3.05, 3.63) is 26.8 Å². The fourth-order valence-corrected chi connectivity index (χ4v) is 1.92. The first kappa shape index (κ1) is 12.4. The fraction of sp³-hybridized carbons (Fsp3) is 0.636. The fourth-order valence-electron chi connectivity index (χ4n) is 1.43. The summed E-state index contributed by atoms with van der Waals surface area (Å²) < 4.78 is 2.26. The van der Waals surface area contributed by atoms with Gasteiger partial charge in [0.15, 0.2) is 0 Å². The molecular weight excluding hydrogens is 256 g/mol. The molecule has 0 unspecified atom stereocenters. The van der Waals surface area contributed by atoms with Gasteiger partial charge in [-0.05, 0) is 34.7 Å². The molecule has 0 fully saturated rings. The standard InChI is InChI=1S/C11H17BrN2O/c1-4-5-14-7-13-9(6-8(2)3)10(12)11(14)15/h7-8H,4-6H2,1-3H3. The first-order valence-electron chi connectivity index (χ1n) is 5.30. The summed E-state index contributed by atoms with van der Waals surface area (Å²) in [5.41, 5.74) is 0.893. The highest BCUT2D eigenvalue weighted by atomic mass is 79.9. The zero-order valence-corrected chi connectivity index (χ0v) is 11.0. The van der Waals surface area contributed by atoms with Crippen LogP contribution < -0.4 is 5.56 Å². The number of rotatable bonds is 4. The monoisotopic (exact) mass is 272 g/mol. The van der Waals surface area contributed by atoms with Crippen LogP contribution in [0, 0.1) is 5.92 Å². The maximum absolute atomic E-state index is 11.8. The number of hydrogen-bond donors (Lipinski definition) is 0. The summed E-state index contributed by atoms with van der Waals surface area (Å²) in [6.07, 6.45) is 3.43. The average molecular weight is 273 g/mol. The molecule has 3 nitrogen and oxygen atoms in total. The van der Waals surface area contributed by atoms with Crippen molar-refractivity contribution in [1.82, 2.24) is 9.55 Å². The van der Waals surface area contributed by atoms with Gasteiger partial charge in [-0.2, -0.15) is 0 Å². The summed E-state index contributed by atoms with van der Waals surface area (Å²) in [5.74, 6) is 0.509. The lowest BCUT2D eigenvalue weighted by Crippen LogP contribution is -2.23. The molecular formula is C11H17BrN2O. The predicted octanol–water partition coefficient (Wildman–Crippen LogP) is 2.61. The zero-order valence-electron chi connectivity index (χ0n) is 9.46. The van der Waals surface area contributed by atoms with E-state index >= 15 is 0 Å². The van der Waals surface area contributed by atoms with Crippen LogP contribution >= 0.6 is 15.9 Å². The highest BCUT2D eigenvalue weighted by Gasteiger charge is 2.09. The molecule has 1 rings (SSSR count). The SMILES string of the molecule is CCCn1cnc(CC(C)C)c(Br)c1=O. The second kappa shape index (κ2) is 5.45. The van der Waals surface area contributed by atoms with E-state index in [1.165, 1.54) is 0 Å². The molecule has 0 amide bonds. The minimum Gasteiger partial charge on any atom is -0.298 e. The van der Waals surface area contributed by atoms with Gasteiger partial charge in [-0.15, -0.1) is 0 Å². The molecule has 0 spiro atoms. The second-order valence-electron chi connectivity index (χ2n) is 4.10. The van der Waals surface area contributed by atoms with Crippen LogP contribution in [0.25, 0.3) is 0 Å². The molecule has 0 aliphatic rings. The van der Waals surface area contributed by atoms with Crippen LogP contribution in [-0.4, -0.2) is 9.55 Å². The molecule has 0 aliphatic heterocycles. The van der Waals surface area contributed by atoms with Crippen molar-refractivity contribution in [2.45, 2.75) is 40.2 Å². The van der Waals surface area contributed by atoms with E-state index in [-0.39, 0.29) is 5.56 Å². The Morgan fingerprint density at radius 3 is 2.73 bits per heavy atom. The normalized spacial score (nSPS) is 11.0. The molecule has 0 radical (unpaired) electrons. The van der Waals surface area contributed by atoms with Crippen LogP contribution in [0.3, 0.4) is 0 Å². The molecule has 0 saturated heterocycles. The third-order valence-corrected chi connectivity index (χ3v) is 2.92. The van der Waals surface area contributed by atoms with Crippen molar-refractivity contribution in [3.8, 4) is 0 Å². The number of aryl methyl sites for hydroxylation is 1. The minimum atomic E-state index is 0.0301. The van der Waals surface area contributed by atoms with E-state index in [0.717, 1.165) is 25.1 Å². The van der Waals surface area contributed by atoms with Gasteiger partial charge in [-0.1, -0.05) is 20.8 Å². The van der Waals surface area contributed by atoms with Crippen LogP contribution in [-0.2, 0) is 13.0 Å². The molecule has 4 heteroatoms. The topological polar surface area (TPSA) is 34.9 Å². The quantitative estimate of drug-likeness (QED) is 0.845. The smallest absolute Gasteiger partial charge is 0.267 e. The highest BCUT2D eigenvalue weighted by molar-refractivity contribution is 9.10. The maximum atomic E-state index is 11.8. The Balaban J connectivity index is 3.04. The van der Waals surface area contributed by atoms with Gasteiger partial charge in [-0.25, -0.2) is 4.98 Å². The molecule has 1 aromatic rings. The molecule has 1 aromatic heterocycles. The highest BCUT2D eigenvalue weighted by Crippen LogP contribution is 2.13. The van der Waals surface area contributed by atoms with Crippen molar-refractivity contribution in [3.63, 3.8) is 0 Å². The van der Waals surface area contributed by atoms with Gasteiger partial charge < -0.3 is 0 Å². The molecule has 84 valence electrons.